The van der Waals surface area contributed by atoms with E-state index >= 15 is 0 Å². The second kappa shape index (κ2) is 6.99. The number of hydrogen-bond donors (Lipinski definition) is 1. The second-order valence-corrected chi connectivity index (χ2v) is 7.38. The molecule has 1 aromatic heterocycles. The molecule has 27 heavy (non-hydrogen) atoms. The van der Waals surface area contributed by atoms with Crippen molar-refractivity contribution in [2.75, 3.05) is 5.32 Å². The predicted octanol–water partition coefficient (Wildman–Crippen LogP) is 3.92. The van der Waals surface area contributed by atoms with Crippen LogP contribution in [0.4, 0.5) is 5.69 Å². The van der Waals surface area contributed by atoms with E-state index in [0.717, 1.165) is 29.7 Å². The van der Waals surface area contributed by atoms with E-state index in [1.165, 1.54) is 0 Å². The molecule has 5 heteroatoms. The molecule has 0 spiro atoms. The molecule has 1 heterocycles. The van der Waals surface area contributed by atoms with E-state index in [0.29, 0.717) is 29.6 Å². The monoisotopic (exact) mass is 361 g/mol. The smallest absolute Gasteiger partial charge is 0.261 e. The van der Waals surface area contributed by atoms with E-state index in [9.17, 15) is 9.59 Å². The van der Waals surface area contributed by atoms with Gasteiger partial charge in [0.25, 0.3) is 5.56 Å². The lowest BCUT2D eigenvalue weighted by Crippen LogP contribution is -2.25. The van der Waals surface area contributed by atoms with Crippen molar-refractivity contribution >= 4 is 22.5 Å². The predicted molar refractivity (Wildman–Crippen MR) is 107 cm³/mol. The highest BCUT2D eigenvalue weighted by Gasteiger charge is 2.28. The fraction of sp³-hybridized carbons (Fsp3) is 0.318. The van der Waals surface area contributed by atoms with Crippen molar-refractivity contribution in [1.29, 1.82) is 0 Å². The summed E-state index contributed by atoms with van der Waals surface area (Å²) in [5.74, 6) is 0.640. The number of para-hydroxylation sites is 1. The van der Waals surface area contributed by atoms with Gasteiger partial charge in [-0.15, -0.1) is 0 Å². The summed E-state index contributed by atoms with van der Waals surface area (Å²) in [5, 5.41) is 3.60. The van der Waals surface area contributed by atoms with E-state index in [2.05, 4.69) is 16.4 Å². The van der Waals surface area contributed by atoms with Gasteiger partial charge in [-0.3, -0.25) is 14.2 Å². The van der Waals surface area contributed by atoms with Crippen LogP contribution in [0.5, 0.6) is 0 Å². The first kappa shape index (κ1) is 17.5. The van der Waals surface area contributed by atoms with Crippen LogP contribution in [0.3, 0.4) is 0 Å². The molecule has 5 nitrogen and oxygen atoms in total. The molecule has 1 N–H and O–H groups in total. The van der Waals surface area contributed by atoms with Crippen LogP contribution in [0.25, 0.3) is 10.9 Å². The van der Waals surface area contributed by atoms with Gasteiger partial charge < -0.3 is 5.32 Å². The van der Waals surface area contributed by atoms with E-state index in [1.807, 2.05) is 50.2 Å². The summed E-state index contributed by atoms with van der Waals surface area (Å²) in [7, 11) is 0. The molecule has 0 radical (unpaired) electrons. The van der Waals surface area contributed by atoms with E-state index < -0.39 is 0 Å². The normalized spacial score (nSPS) is 13.7. The minimum atomic E-state index is -0.0650. The summed E-state index contributed by atoms with van der Waals surface area (Å²) in [5.41, 5.74) is 3.74. The third-order valence-electron chi connectivity index (χ3n) is 4.87. The molecule has 0 aliphatic heterocycles. The number of benzene rings is 2. The average molecular weight is 361 g/mol. The first-order chi connectivity index (χ1) is 13.0. The number of fused-ring (bicyclic) bond motifs is 1. The first-order valence-corrected chi connectivity index (χ1v) is 9.39. The minimum Gasteiger partial charge on any atom is -0.326 e. The van der Waals surface area contributed by atoms with Crippen LogP contribution in [0, 0.1) is 13.8 Å². The molecule has 138 valence electrons. The Bertz CT molecular complexity index is 1060. The highest BCUT2D eigenvalue weighted by Crippen LogP contribution is 2.34. The van der Waals surface area contributed by atoms with Crippen LogP contribution in [-0.4, -0.2) is 15.5 Å². The summed E-state index contributed by atoms with van der Waals surface area (Å²) in [6.07, 6.45) is 2.75. The van der Waals surface area contributed by atoms with E-state index in [1.54, 1.807) is 4.57 Å². The number of aryl methyl sites for hydroxylation is 3. The Morgan fingerprint density at radius 3 is 2.56 bits per heavy atom. The Kier molecular flexibility index (Phi) is 4.52. The Hall–Kier alpha value is -2.95. The molecule has 1 amide bonds. The zero-order valence-electron chi connectivity index (χ0n) is 15.7. The Labute approximate surface area is 158 Å². The molecule has 1 saturated carbocycles. The zero-order chi connectivity index (χ0) is 19.0. The third kappa shape index (κ3) is 3.77. The summed E-state index contributed by atoms with van der Waals surface area (Å²) in [6.45, 7) is 4.02. The number of carbonyl (C=O) groups excluding carboxylic acids is 1. The Morgan fingerprint density at radius 2 is 1.85 bits per heavy atom. The van der Waals surface area contributed by atoms with Crippen LogP contribution in [-0.2, 0) is 11.2 Å². The highest BCUT2D eigenvalue weighted by atomic mass is 16.1. The topological polar surface area (TPSA) is 64.0 Å². The number of nitrogens with one attached hydrogen (secondary N) is 1. The number of aromatic nitrogens is 2. The van der Waals surface area contributed by atoms with Crippen molar-refractivity contribution in [2.45, 2.75) is 45.6 Å². The molecule has 0 atom stereocenters. The van der Waals surface area contributed by atoms with Gasteiger partial charge in [0.1, 0.15) is 5.82 Å². The van der Waals surface area contributed by atoms with Gasteiger partial charge in [-0.2, -0.15) is 0 Å². The van der Waals surface area contributed by atoms with E-state index in [-0.39, 0.29) is 17.5 Å². The van der Waals surface area contributed by atoms with Gasteiger partial charge in [-0.05, 0) is 62.1 Å². The SMILES string of the molecule is Cc1cc(C)cc(NC(=O)CCc2nc3ccccc3c(=O)n2C2CC2)c1. The van der Waals surface area contributed by atoms with Crippen LogP contribution in [0.2, 0.25) is 0 Å². The number of nitrogens with zero attached hydrogens (tertiary/aromatic N) is 2. The van der Waals surface area contributed by atoms with Crippen LogP contribution in [0.15, 0.2) is 47.3 Å². The Morgan fingerprint density at radius 1 is 1.15 bits per heavy atom. The standard InChI is InChI=1S/C22H23N3O2/c1-14-11-15(2)13-16(12-14)23-21(26)10-9-20-24-19-6-4-3-5-18(19)22(27)25(20)17-7-8-17/h3-6,11-13,17H,7-10H2,1-2H3,(H,23,26). The van der Waals surface area contributed by atoms with Crippen molar-refractivity contribution < 1.29 is 4.79 Å². The molecule has 3 aromatic rings. The van der Waals surface area contributed by atoms with Crippen molar-refractivity contribution in [3.63, 3.8) is 0 Å². The molecule has 0 unspecified atom stereocenters. The van der Waals surface area contributed by atoms with Gasteiger partial charge in [-0.25, -0.2) is 4.98 Å². The largest absolute Gasteiger partial charge is 0.326 e. The van der Waals surface area contributed by atoms with Crippen LogP contribution >= 0.6 is 0 Å². The molecule has 1 fully saturated rings. The fourth-order valence-corrected chi connectivity index (χ4v) is 3.57. The number of carbonyl (C=O) groups is 1. The Balaban J connectivity index is 1.55. The lowest BCUT2D eigenvalue weighted by Gasteiger charge is -2.13. The van der Waals surface area contributed by atoms with Gasteiger partial charge in [0.2, 0.25) is 5.91 Å². The molecule has 1 aliphatic carbocycles. The summed E-state index contributed by atoms with van der Waals surface area (Å²) in [6, 6.07) is 13.6. The summed E-state index contributed by atoms with van der Waals surface area (Å²) >= 11 is 0. The number of amides is 1. The lowest BCUT2D eigenvalue weighted by molar-refractivity contribution is -0.116. The van der Waals surface area contributed by atoms with Gasteiger partial charge in [0.05, 0.1) is 10.9 Å². The molecule has 1 aliphatic rings. The zero-order valence-corrected chi connectivity index (χ0v) is 15.7. The molecule has 4 rings (SSSR count). The molecule has 2 aromatic carbocycles. The highest BCUT2D eigenvalue weighted by molar-refractivity contribution is 5.91. The molecular weight excluding hydrogens is 338 g/mol. The van der Waals surface area contributed by atoms with Crippen LogP contribution in [0.1, 0.15) is 42.3 Å². The maximum Gasteiger partial charge on any atom is 0.261 e. The first-order valence-electron chi connectivity index (χ1n) is 9.39. The van der Waals surface area contributed by atoms with Crippen molar-refractivity contribution in [1.82, 2.24) is 9.55 Å². The quantitative estimate of drug-likeness (QED) is 0.749. The van der Waals surface area contributed by atoms with Crippen molar-refractivity contribution in [3.05, 3.63) is 69.8 Å². The fourth-order valence-electron chi connectivity index (χ4n) is 3.57. The van der Waals surface area contributed by atoms with Gasteiger partial charge in [0.15, 0.2) is 0 Å². The van der Waals surface area contributed by atoms with Crippen molar-refractivity contribution in [2.24, 2.45) is 0 Å². The summed E-state index contributed by atoms with van der Waals surface area (Å²) < 4.78 is 1.80. The van der Waals surface area contributed by atoms with Gasteiger partial charge in [-0.1, -0.05) is 18.2 Å². The lowest BCUT2D eigenvalue weighted by atomic mass is 10.1. The van der Waals surface area contributed by atoms with Gasteiger partial charge in [0, 0.05) is 24.6 Å². The number of anilines is 1. The maximum atomic E-state index is 12.9. The third-order valence-corrected chi connectivity index (χ3v) is 4.87. The van der Waals surface area contributed by atoms with E-state index in [4.69, 9.17) is 0 Å². The maximum absolute atomic E-state index is 12.9. The number of hydrogen-bond acceptors (Lipinski definition) is 3. The molecular formula is C22H23N3O2. The van der Waals surface area contributed by atoms with Crippen molar-refractivity contribution in [3.8, 4) is 0 Å². The minimum absolute atomic E-state index is 0.00724. The van der Waals surface area contributed by atoms with Gasteiger partial charge >= 0.3 is 0 Å². The molecule has 0 saturated heterocycles. The molecule has 0 bridgehead atoms. The summed E-state index contributed by atoms with van der Waals surface area (Å²) in [4.78, 5) is 30.0. The average Bonchev–Trinajstić information content (AvgIpc) is 3.44. The second-order valence-electron chi connectivity index (χ2n) is 7.38. The number of rotatable bonds is 5. The van der Waals surface area contributed by atoms with Crippen LogP contribution < -0.4 is 10.9 Å².